The molecule has 0 aliphatic carbocycles. The van der Waals surface area contributed by atoms with Crippen LogP contribution in [0.4, 0.5) is 4.39 Å². The van der Waals surface area contributed by atoms with Gasteiger partial charge in [-0.3, -0.25) is 0 Å². The summed E-state index contributed by atoms with van der Waals surface area (Å²) in [6, 6.07) is 7.40. The molecule has 8 heteroatoms. The van der Waals surface area contributed by atoms with Gasteiger partial charge < -0.3 is 14.0 Å². The highest BCUT2D eigenvalue weighted by atomic mass is 32.1. The minimum Gasteiger partial charge on any atom is -0.486 e. The number of aryl methyl sites for hydroxylation is 2. The number of carbonyl (C=O) groups is 1. The fraction of sp³-hybridized carbons (Fsp3) is 0.235. The minimum absolute atomic E-state index is 0.0366. The molecule has 0 aliphatic rings. The molecule has 0 spiro atoms. The quantitative estimate of drug-likeness (QED) is 0.621. The number of benzene rings is 1. The Morgan fingerprint density at radius 2 is 2.00 bits per heavy atom. The van der Waals surface area contributed by atoms with E-state index in [2.05, 4.69) is 10.1 Å². The van der Waals surface area contributed by atoms with Gasteiger partial charge in [0.2, 0.25) is 0 Å². The lowest BCUT2D eigenvalue weighted by molar-refractivity contribution is 0.0469. The third-order valence-electron chi connectivity index (χ3n) is 3.23. The van der Waals surface area contributed by atoms with Crippen LogP contribution in [0, 0.1) is 19.7 Å². The highest BCUT2D eigenvalue weighted by Crippen LogP contribution is 2.22. The summed E-state index contributed by atoms with van der Waals surface area (Å²) in [5, 5.41) is 4.40. The molecular weight excluding hydrogens is 347 g/mol. The van der Waals surface area contributed by atoms with Crippen LogP contribution in [-0.4, -0.2) is 16.1 Å². The largest absolute Gasteiger partial charge is 0.486 e. The molecule has 0 saturated carbocycles. The summed E-state index contributed by atoms with van der Waals surface area (Å²) in [5.41, 5.74) is 1.12. The fourth-order valence-corrected chi connectivity index (χ4v) is 2.94. The summed E-state index contributed by atoms with van der Waals surface area (Å²) in [4.78, 5) is 16.9. The second-order valence-corrected chi connectivity index (χ2v) is 6.35. The predicted molar refractivity (Wildman–Crippen MR) is 87.9 cm³/mol. The molecule has 3 rings (SSSR count). The predicted octanol–water partition coefficient (Wildman–Crippen LogP) is 3.82. The zero-order chi connectivity index (χ0) is 17.8. The molecule has 0 fully saturated rings. The first kappa shape index (κ1) is 17.1. The van der Waals surface area contributed by atoms with Gasteiger partial charge in [0.15, 0.2) is 0 Å². The number of thiazole rings is 1. The summed E-state index contributed by atoms with van der Waals surface area (Å²) in [7, 11) is 0. The zero-order valence-electron chi connectivity index (χ0n) is 13.6. The molecule has 1 aromatic carbocycles. The van der Waals surface area contributed by atoms with Gasteiger partial charge in [-0.25, -0.2) is 14.2 Å². The molecule has 0 aliphatic heterocycles. The summed E-state index contributed by atoms with van der Waals surface area (Å²) in [6.45, 7) is 3.72. The molecule has 6 nitrogen and oxygen atoms in total. The first-order valence-electron chi connectivity index (χ1n) is 7.45. The number of halogens is 1. The van der Waals surface area contributed by atoms with Crippen molar-refractivity contribution in [1.29, 1.82) is 0 Å². The van der Waals surface area contributed by atoms with Crippen molar-refractivity contribution in [3.63, 3.8) is 0 Å². The molecule has 3 aromatic rings. The normalized spacial score (nSPS) is 10.7. The number of nitrogens with zero attached hydrogens (tertiary/aromatic N) is 2. The molecule has 0 N–H and O–H groups in total. The average Bonchev–Trinajstić information content (AvgIpc) is 3.18. The summed E-state index contributed by atoms with van der Waals surface area (Å²) in [6.07, 6.45) is 0. The van der Waals surface area contributed by atoms with E-state index < -0.39 is 5.97 Å². The number of ether oxygens (including phenoxy) is 2. The van der Waals surface area contributed by atoms with Gasteiger partial charge in [0.05, 0.1) is 5.69 Å². The van der Waals surface area contributed by atoms with E-state index in [0.29, 0.717) is 32.8 Å². The molecular formula is C17H15FN2O4S. The van der Waals surface area contributed by atoms with Gasteiger partial charge in [-0.15, -0.1) is 11.3 Å². The number of hydrogen-bond acceptors (Lipinski definition) is 7. The maximum absolute atomic E-state index is 12.9. The van der Waals surface area contributed by atoms with E-state index in [-0.39, 0.29) is 19.0 Å². The van der Waals surface area contributed by atoms with Gasteiger partial charge in [-0.1, -0.05) is 5.16 Å². The Hall–Kier alpha value is -2.74. The van der Waals surface area contributed by atoms with Crippen molar-refractivity contribution >= 4 is 17.3 Å². The van der Waals surface area contributed by atoms with Crippen molar-refractivity contribution in [2.75, 3.05) is 0 Å². The number of aromatic nitrogens is 2. The third kappa shape index (κ3) is 4.42. The van der Waals surface area contributed by atoms with Gasteiger partial charge in [-0.2, -0.15) is 0 Å². The van der Waals surface area contributed by atoms with Crippen LogP contribution in [0.5, 0.6) is 5.75 Å². The van der Waals surface area contributed by atoms with Crippen LogP contribution in [0.25, 0.3) is 0 Å². The van der Waals surface area contributed by atoms with E-state index in [1.807, 2.05) is 0 Å². The SMILES string of the molecule is Cc1cc(COC(=O)c2sc(COc3ccc(F)cc3)nc2C)no1. The van der Waals surface area contributed by atoms with Crippen LogP contribution in [0.2, 0.25) is 0 Å². The van der Waals surface area contributed by atoms with Gasteiger partial charge in [0.25, 0.3) is 0 Å². The van der Waals surface area contributed by atoms with E-state index in [9.17, 15) is 9.18 Å². The van der Waals surface area contributed by atoms with Gasteiger partial charge in [0.1, 0.15) is 46.1 Å². The van der Waals surface area contributed by atoms with Crippen LogP contribution in [0.3, 0.4) is 0 Å². The van der Waals surface area contributed by atoms with Crippen LogP contribution < -0.4 is 4.74 Å². The smallest absolute Gasteiger partial charge is 0.350 e. The first-order chi connectivity index (χ1) is 12.0. The van der Waals surface area contributed by atoms with Crippen LogP contribution >= 0.6 is 11.3 Å². The van der Waals surface area contributed by atoms with E-state index in [0.717, 1.165) is 0 Å². The molecule has 0 amide bonds. The van der Waals surface area contributed by atoms with E-state index in [1.54, 1.807) is 19.9 Å². The monoisotopic (exact) mass is 362 g/mol. The van der Waals surface area contributed by atoms with Crippen molar-refractivity contribution in [2.24, 2.45) is 0 Å². The summed E-state index contributed by atoms with van der Waals surface area (Å²) >= 11 is 1.20. The molecule has 130 valence electrons. The summed E-state index contributed by atoms with van der Waals surface area (Å²) < 4.78 is 28.5. The molecule has 2 heterocycles. The molecule has 0 radical (unpaired) electrons. The Kier molecular flexibility index (Phi) is 5.08. The van der Waals surface area contributed by atoms with Crippen molar-refractivity contribution in [3.8, 4) is 5.75 Å². The Balaban J connectivity index is 1.59. The lowest BCUT2D eigenvalue weighted by atomic mass is 10.3. The van der Waals surface area contributed by atoms with Crippen molar-refractivity contribution in [3.05, 3.63) is 63.2 Å². The van der Waals surface area contributed by atoms with Crippen molar-refractivity contribution < 1.29 is 23.2 Å². The van der Waals surface area contributed by atoms with Crippen LogP contribution in [0.1, 0.15) is 31.8 Å². The highest BCUT2D eigenvalue weighted by Gasteiger charge is 2.17. The van der Waals surface area contributed by atoms with Gasteiger partial charge in [-0.05, 0) is 38.1 Å². The van der Waals surface area contributed by atoms with Crippen LogP contribution in [-0.2, 0) is 18.0 Å². The maximum Gasteiger partial charge on any atom is 0.350 e. The Morgan fingerprint density at radius 3 is 2.68 bits per heavy atom. The summed E-state index contributed by atoms with van der Waals surface area (Å²) in [5.74, 6) is 0.383. The minimum atomic E-state index is -0.469. The lowest BCUT2D eigenvalue weighted by Crippen LogP contribution is -2.05. The van der Waals surface area contributed by atoms with Gasteiger partial charge >= 0.3 is 5.97 Å². The zero-order valence-corrected chi connectivity index (χ0v) is 14.4. The van der Waals surface area contributed by atoms with E-state index in [4.69, 9.17) is 14.0 Å². The fourth-order valence-electron chi connectivity index (χ4n) is 2.07. The molecule has 0 bridgehead atoms. The average molecular weight is 362 g/mol. The van der Waals surface area contributed by atoms with Crippen molar-refractivity contribution in [1.82, 2.24) is 10.1 Å². The topological polar surface area (TPSA) is 74.5 Å². The molecule has 2 aromatic heterocycles. The molecule has 0 saturated heterocycles. The number of carbonyl (C=O) groups excluding carboxylic acids is 1. The first-order valence-corrected chi connectivity index (χ1v) is 8.27. The Labute approximate surface area is 147 Å². The number of hydrogen-bond donors (Lipinski definition) is 0. The molecule has 0 atom stereocenters. The third-order valence-corrected chi connectivity index (χ3v) is 4.34. The lowest BCUT2D eigenvalue weighted by Gasteiger charge is -2.03. The molecule has 25 heavy (non-hydrogen) atoms. The molecule has 0 unspecified atom stereocenters. The van der Waals surface area contributed by atoms with Crippen LogP contribution in [0.15, 0.2) is 34.9 Å². The second kappa shape index (κ2) is 7.43. The Morgan fingerprint density at radius 1 is 1.24 bits per heavy atom. The number of esters is 1. The van der Waals surface area contributed by atoms with Crippen molar-refractivity contribution in [2.45, 2.75) is 27.1 Å². The van der Waals surface area contributed by atoms with E-state index in [1.165, 1.54) is 35.6 Å². The Bertz CT molecular complexity index is 873. The van der Waals surface area contributed by atoms with E-state index >= 15 is 0 Å². The standard InChI is InChI=1S/C17H15FN2O4S/c1-10-7-13(20-24-10)8-23-17(21)16-11(2)19-15(25-16)9-22-14-5-3-12(18)4-6-14/h3-7H,8-9H2,1-2H3. The second-order valence-electron chi connectivity index (χ2n) is 5.27. The van der Waals surface area contributed by atoms with Gasteiger partial charge in [0, 0.05) is 6.07 Å². The number of rotatable bonds is 6. The maximum atomic E-state index is 12.9. The highest BCUT2D eigenvalue weighted by molar-refractivity contribution is 7.13.